The molecule has 0 radical (unpaired) electrons. The lowest BCUT2D eigenvalue weighted by Crippen LogP contribution is -2.40. The van der Waals surface area contributed by atoms with Gasteiger partial charge in [-0.2, -0.15) is 0 Å². The number of ether oxygens (including phenoxy) is 1. The maximum atomic E-state index is 13.3. The van der Waals surface area contributed by atoms with Crippen LogP contribution in [0.1, 0.15) is 71.1 Å². The van der Waals surface area contributed by atoms with Gasteiger partial charge >= 0.3 is 0 Å². The molecule has 1 amide bonds. The minimum Gasteiger partial charge on any atom is -0.493 e. The Morgan fingerprint density at radius 2 is 1.76 bits per heavy atom. The Morgan fingerprint density at radius 3 is 2.57 bits per heavy atom. The molecule has 0 aromatic heterocycles. The minimum absolute atomic E-state index is 0.0584. The number of likely N-dealkylation sites (N-methyl/N-ethyl adjacent to an activating group) is 1. The summed E-state index contributed by atoms with van der Waals surface area (Å²) in [6.45, 7) is 3.62. The van der Waals surface area contributed by atoms with Crippen LogP contribution in [0.25, 0.3) is 0 Å². The zero-order chi connectivity index (χ0) is 25.5. The summed E-state index contributed by atoms with van der Waals surface area (Å²) in [6, 6.07) is 26.1. The molecule has 1 aliphatic carbocycles. The van der Waals surface area contributed by atoms with E-state index in [9.17, 15) is 4.79 Å². The van der Waals surface area contributed by atoms with E-state index < -0.39 is 0 Å². The fraction of sp³-hybridized carbons (Fsp3) is 0.424. The SMILES string of the molecule is CN(CCc1ccccc1)C(=O)c1ccc2c(c1)Cc1cccc(c1)CN(C1CCC1)CCCCCO2. The minimum atomic E-state index is 0.0584. The Hall–Kier alpha value is -3.11. The number of carbonyl (C=O) groups is 1. The van der Waals surface area contributed by atoms with Crippen LogP contribution in [0.2, 0.25) is 0 Å². The summed E-state index contributed by atoms with van der Waals surface area (Å²) < 4.78 is 6.27. The Morgan fingerprint density at radius 1 is 0.919 bits per heavy atom. The van der Waals surface area contributed by atoms with Gasteiger partial charge in [-0.15, -0.1) is 0 Å². The molecule has 0 spiro atoms. The van der Waals surface area contributed by atoms with E-state index in [0.717, 1.165) is 55.3 Å². The second kappa shape index (κ2) is 12.4. The Kier molecular flexibility index (Phi) is 8.57. The predicted octanol–water partition coefficient (Wildman–Crippen LogP) is 6.51. The van der Waals surface area contributed by atoms with Crippen LogP contribution in [0.5, 0.6) is 5.75 Å². The van der Waals surface area contributed by atoms with Gasteiger partial charge in [-0.05, 0) is 85.5 Å². The van der Waals surface area contributed by atoms with Crippen molar-refractivity contribution >= 4 is 5.91 Å². The number of hydrogen-bond donors (Lipinski definition) is 0. The van der Waals surface area contributed by atoms with E-state index in [1.54, 1.807) is 0 Å². The summed E-state index contributed by atoms with van der Waals surface area (Å²) in [5.41, 5.74) is 5.72. The molecule has 3 aromatic carbocycles. The van der Waals surface area contributed by atoms with Gasteiger partial charge in [-0.25, -0.2) is 0 Å². The summed E-state index contributed by atoms with van der Waals surface area (Å²) in [6.07, 6.45) is 9.12. The smallest absolute Gasteiger partial charge is 0.253 e. The second-order valence-electron chi connectivity index (χ2n) is 10.7. The highest BCUT2D eigenvalue weighted by molar-refractivity contribution is 5.94. The van der Waals surface area contributed by atoms with Gasteiger partial charge in [-0.1, -0.05) is 61.0 Å². The van der Waals surface area contributed by atoms with Gasteiger partial charge in [0, 0.05) is 38.2 Å². The summed E-state index contributed by atoms with van der Waals surface area (Å²) in [5, 5.41) is 0. The number of rotatable bonds is 5. The van der Waals surface area contributed by atoms with E-state index >= 15 is 0 Å². The molecule has 1 saturated carbocycles. The van der Waals surface area contributed by atoms with Gasteiger partial charge < -0.3 is 9.64 Å². The van der Waals surface area contributed by atoms with Crippen molar-refractivity contribution < 1.29 is 9.53 Å². The van der Waals surface area contributed by atoms with Crippen LogP contribution >= 0.6 is 0 Å². The zero-order valence-electron chi connectivity index (χ0n) is 22.2. The van der Waals surface area contributed by atoms with E-state index in [4.69, 9.17) is 4.74 Å². The van der Waals surface area contributed by atoms with Crippen molar-refractivity contribution in [3.8, 4) is 5.75 Å². The number of benzene rings is 3. The lowest BCUT2D eigenvalue weighted by molar-refractivity contribution is 0.0796. The highest BCUT2D eigenvalue weighted by Crippen LogP contribution is 2.29. The van der Waals surface area contributed by atoms with Gasteiger partial charge in [0.1, 0.15) is 5.75 Å². The lowest BCUT2D eigenvalue weighted by Gasteiger charge is -2.38. The largest absolute Gasteiger partial charge is 0.493 e. The van der Waals surface area contributed by atoms with E-state index in [-0.39, 0.29) is 5.91 Å². The molecule has 0 N–H and O–H groups in total. The average Bonchev–Trinajstić information content (AvgIpc) is 2.88. The highest BCUT2D eigenvalue weighted by Gasteiger charge is 2.24. The van der Waals surface area contributed by atoms with Crippen LogP contribution in [0, 0.1) is 0 Å². The molecule has 2 aliphatic rings. The van der Waals surface area contributed by atoms with Gasteiger partial charge in [0.25, 0.3) is 5.91 Å². The summed E-state index contributed by atoms with van der Waals surface area (Å²) in [5.74, 6) is 0.963. The molecule has 1 heterocycles. The van der Waals surface area contributed by atoms with E-state index in [2.05, 4.69) is 47.4 Å². The highest BCUT2D eigenvalue weighted by atomic mass is 16.5. The Labute approximate surface area is 222 Å². The number of fused-ring (bicyclic) bond motifs is 3. The van der Waals surface area contributed by atoms with Crippen molar-refractivity contribution in [2.45, 2.75) is 64.0 Å². The molecule has 1 fully saturated rings. The third kappa shape index (κ3) is 6.81. The molecule has 37 heavy (non-hydrogen) atoms. The molecule has 5 rings (SSSR count). The first kappa shape index (κ1) is 25.5. The quantitative estimate of drug-likeness (QED) is 0.404. The molecular weight excluding hydrogens is 456 g/mol. The topological polar surface area (TPSA) is 32.8 Å². The molecule has 1 aliphatic heterocycles. The van der Waals surface area contributed by atoms with Crippen molar-refractivity contribution in [3.63, 3.8) is 0 Å². The molecule has 4 nitrogen and oxygen atoms in total. The van der Waals surface area contributed by atoms with Gasteiger partial charge in [0.15, 0.2) is 0 Å². The van der Waals surface area contributed by atoms with Crippen LogP contribution in [-0.4, -0.2) is 48.5 Å². The first-order valence-electron chi connectivity index (χ1n) is 14.0. The monoisotopic (exact) mass is 496 g/mol. The normalized spacial score (nSPS) is 17.1. The van der Waals surface area contributed by atoms with Crippen LogP contribution in [-0.2, 0) is 19.4 Å². The first-order chi connectivity index (χ1) is 18.2. The van der Waals surface area contributed by atoms with Crippen LogP contribution in [0.15, 0.2) is 72.8 Å². The van der Waals surface area contributed by atoms with Crippen LogP contribution in [0.3, 0.4) is 0 Å². The molecule has 0 saturated heterocycles. The third-order valence-electron chi connectivity index (χ3n) is 7.94. The molecule has 3 aromatic rings. The van der Waals surface area contributed by atoms with Crippen molar-refractivity contribution in [2.75, 3.05) is 26.7 Å². The van der Waals surface area contributed by atoms with Crippen molar-refractivity contribution in [1.82, 2.24) is 9.80 Å². The van der Waals surface area contributed by atoms with E-state index in [1.807, 2.05) is 42.3 Å². The number of hydrogen-bond acceptors (Lipinski definition) is 3. The number of carbonyl (C=O) groups excluding carboxylic acids is 1. The molecular formula is C33H40N2O2. The third-order valence-corrected chi connectivity index (χ3v) is 7.94. The van der Waals surface area contributed by atoms with E-state index in [1.165, 1.54) is 55.3 Å². The van der Waals surface area contributed by atoms with Crippen molar-refractivity contribution in [3.05, 3.63) is 101 Å². The lowest BCUT2D eigenvalue weighted by atomic mass is 9.90. The van der Waals surface area contributed by atoms with E-state index in [0.29, 0.717) is 6.54 Å². The maximum Gasteiger partial charge on any atom is 0.253 e. The van der Waals surface area contributed by atoms with Gasteiger partial charge in [0.05, 0.1) is 6.61 Å². The molecule has 2 bridgehead atoms. The zero-order valence-corrected chi connectivity index (χ0v) is 22.2. The number of amides is 1. The summed E-state index contributed by atoms with van der Waals surface area (Å²) in [4.78, 5) is 17.8. The standard InChI is InChI=1S/C33H40N2O2/c1-34(20-18-26-10-4-2-5-11-26)33(36)29-16-17-32-30(24-29)23-27-12-8-13-28(22-27)25-35(31-14-9-15-31)19-6-3-7-21-37-32/h2,4-5,8,10-13,16-17,22,24,31H,3,6-7,9,14-15,18-21,23,25H2,1H3. The van der Waals surface area contributed by atoms with Crippen LogP contribution in [0.4, 0.5) is 0 Å². The molecule has 4 heteroatoms. The summed E-state index contributed by atoms with van der Waals surface area (Å²) >= 11 is 0. The van der Waals surface area contributed by atoms with Gasteiger partial charge in [0.2, 0.25) is 0 Å². The Bertz CT molecular complexity index is 1170. The fourth-order valence-corrected chi connectivity index (χ4v) is 5.47. The van der Waals surface area contributed by atoms with Gasteiger partial charge in [-0.3, -0.25) is 9.69 Å². The second-order valence-corrected chi connectivity index (χ2v) is 10.7. The fourth-order valence-electron chi connectivity index (χ4n) is 5.47. The Balaban J connectivity index is 1.34. The molecule has 0 unspecified atom stereocenters. The average molecular weight is 497 g/mol. The summed E-state index contributed by atoms with van der Waals surface area (Å²) in [7, 11) is 1.89. The molecule has 194 valence electrons. The maximum absolute atomic E-state index is 13.3. The van der Waals surface area contributed by atoms with Crippen molar-refractivity contribution in [2.24, 2.45) is 0 Å². The number of nitrogens with zero attached hydrogens (tertiary/aromatic N) is 2. The van der Waals surface area contributed by atoms with Crippen molar-refractivity contribution in [1.29, 1.82) is 0 Å². The predicted molar refractivity (Wildman–Crippen MR) is 150 cm³/mol. The molecule has 0 atom stereocenters. The van der Waals surface area contributed by atoms with Crippen LogP contribution < -0.4 is 4.74 Å². The first-order valence-corrected chi connectivity index (χ1v) is 14.0.